The van der Waals surface area contributed by atoms with Crippen LogP contribution in [-0.2, 0) is 6.42 Å². The zero-order valence-electron chi connectivity index (χ0n) is 10.8. The monoisotopic (exact) mass is 332 g/mol. The molecular formula is C13H13BrN6. The Morgan fingerprint density at radius 2 is 2.05 bits per heavy atom. The Balaban J connectivity index is 2.32. The van der Waals surface area contributed by atoms with Crippen LogP contribution in [0.2, 0.25) is 0 Å². The number of hydrogen-bond acceptors (Lipinski definition) is 6. The minimum atomic E-state index is 0.545. The van der Waals surface area contributed by atoms with Crippen LogP contribution in [0.5, 0.6) is 0 Å². The lowest BCUT2D eigenvalue weighted by Gasteiger charge is -2.10. The molecule has 7 heteroatoms. The third-order valence-electron chi connectivity index (χ3n) is 2.60. The first-order valence-corrected chi connectivity index (χ1v) is 6.76. The number of hydrazine groups is 1. The topological polar surface area (TPSA) is 99.6 Å². The van der Waals surface area contributed by atoms with Gasteiger partial charge in [-0.3, -0.25) is 0 Å². The van der Waals surface area contributed by atoms with Crippen molar-refractivity contribution in [2.24, 2.45) is 5.84 Å². The van der Waals surface area contributed by atoms with Crippen molar-refractivity contribution < 1.29 is 0 Å². The van der Waals surface area contributed by atoms with Crippen molar-refractivity contribution >= 4 is 33.3 Å². The van der Waals surface area contributed by atoms with Gasteiger partial charge in [0.15, 0.2) is 0 Å². The highest BCUT2D eigenvalue weighted by Gasteiger charge is 2.06. The van der Waals surface area contributed by atoms with Crippen LogP contribution >= 0.6 is 15.9 Å². The molecule has 1 heterocycles. The minimum absolute atomic E-state index is 0.545. The summed E-state index contributed by atoms with van der Waals surface area (Å²) >= 11 is 3.42. The molecule has 4 N–H and O–H groups in total. The number of nitriles is 1. The number of aryl methyl sites for hydroxylation is 1. The molecule has 0 aliphatic carbocycles. The number of benzene rings is 1. The Bertz CT molecular complexity index is 642. The maximum absolute atomic E-state index is 8.85. The second-order valence-electron chi connectivity index (χ2n) is 3.98. The van der Waals surface area contributed by atoms with Crippen molar-refractivity contribution in [2.45, 2.75) is 13.3 Å². The molecule has 1 aromatic heterocycles. The van der Waals surface area contributed by atoms with Gasteiger partial charge in [0.05, 0.1) is 17.3 Å². The molecular weight excluding hydrogens is 320 g/mol. The number of rotatable bonds is 4. The molecule has 0 saturated carbocycles. The van der Waals surface area contributed by atoms with E-state index < -0.39 is 0 Å². The Morgan fingerprint density at radius 3 is 2.65 bits per heavy atom. The fraction of sp³-hybridized carbons (Fsp3) is 0.154. The number of anilines is 3. The Morgan fingerprint density at radius 1 is 1.30 bits per heavy atom. The van der Waals surface area contributed by atoms with Crippen LogP contribution in [0.1, 0.15) is 18.3 Å². The fourth-order valence-electron chi connectivity index (χ4n) is 1.62. The normalized spacial score (nSPS) is 9.90. The van der Waals surface area contributed by atoms with Gasteiger partial charge in [-0.25, -0.2) is 15.8 Å². The van der Waals surface area contributed by atoms with E-state index in [0.29, 0.717) is 29.4 Å². The van der Waals surface area contributed by atoms with E-state index in [9.17, 15) is 0 Å². The van der Waals surface area contributed by atoms with Gasteiger partial charge in [0.2, 0.25) is 0 Å². The summed E-state index contributed by atoms with van der Waals surface area (Å²) in [6, 6.07) is 9.08. The summed E-state index contributed by atoms with van der Waals surface area (Å²) in [7, 11) is 0. The first-order valence-electron chi connectivity index (χ1n) is 5.97. The van der Waals surface area contributed by atoms with Gasteiger partial charge in [-0.05, 0) is 34.1 Å². The lowest BCUT2D eigenvalue weighted by atomic mass is 10.2. The SMILES string of the molecule is CCc1nc(NN)cc(Nc2ccc(C#N)cc2Br)n1. The predicted molar refractivity (Wildman–Crippen MR) is 81.4 cm³/mol. The van der Waals surface area contributed by atoms with Crippen LogP contribution in [-0.4, -0.2) is 9.97 Å². The number of halogens is 1. The Kier molecular flexibility index (Phi) is 4.50. The number of aromatic nitrogens is 2. The van der Waals surface area contributed by atoms with E-state index in [2.05, 4.69) is 42.7 Å². The number of nitrogens with zero attached hydrogens (tertiary/aromatic N) is 3. The van der Waals surface area contributed by atoms with Crippen molar-refractivity contribution in [3.8, 4) is 6.07 Å². The Hall–Kier alpha value is -2.17. The van der Waals surface area contributed by atoms with Gasteiger partial charge < -0.3 is 10.7 Å². The summed E-state index contributed by atoms with van der Waals surface area (Å²) < 4.78 is 0.787. The third kappa shape index (κ3) is 3.23. The van der Waals surface area contributed by atoms with Crippen molar-refractivity contribution in [1.29, 1.82) is 5.26 Å². The largest absolute Gasteiger partial charge is 0.339 e. The molecule has 0 atom stereocenters. The maximum atomic E-state index is 8.85. The Labute approximate surface area is 125 Å². The highest BCUT2D eigenvalue weighted by atomic mass is 79.9. The quantitative estimate of drug-likeness (QED) is 0.588. The van der Waals surface area contributed by atoms with Crippen LogP contribution < -0.4 is 16.6 Å². The zero-order chi connectivity index (χ0) is 14.5. The highest BCUT2D eigenvalue weighted by molar-refractivity contribution is 9.10. The molecule has 0 aliphatic heterocycles. The lowest BCUT2D eigenvalue weighted by Crippen LogP contribution is -2.11. The highest BCUT2D eigenvalue weighted by Crippen LogP contribution is 2.26. The summed E-state index contributed by atoms with van der Waals surface area (Å²) in [6.45, 7) is 1.97. The fourth-order valence-corrected chi connectivity index (χ4v) is 2.10. The van der Waals surface area contributed by atoms with Crippen LogP contribution in [0.3, 0.4) is 0 Å². The molecule has 6 nitrogen and oxygen atoms in total. The van der Waals surface area contributed by atoms with Gasteiger partial charge >= 0.3 is 0 Å². The number of nitrogen functional groups attached to an aromatic ring is 1. The molecule has 0 unspecified atom stereocenters. The van der Waals surface area contributed by atoms with Gasteiger partial charge in [-0.15, -0.1) is 0 Å². The summed E-state index contributed by atoms with van der Waals surface area (Å²) in [6.07, 6.45) is 0.707. The summed E-state index contributed by atoms with van der Waals surface area (Å²) in [5, 5.41) is 12.0. The molecule has 0 radical (unpaired) electrons. The number of nitrogens with one attached hydrogen (secondary N) is 2. The van der Waals surface area contributed by atoms with E-state index in [-0.39, 0.29) is 0 Å². The molecule has 0 saturated heterocycles. The van der Waals surface area contributed by atoms with Crippen molar-refractivity contribution in [1.82, 2.24) is 9.97 Å². The van der Waals surface area contributed by atoms with Crippen molar-refractivity contribution in [3.63, 3.8) is 0 Å². The first kappa shape index (κ1) is 14.2. The maximum Gasteiger partial charge on any atom is 0.145 e. The molecule has 2 aromatic rings. The second-order valence-corrected chi connectivity index (χ2v) is 4.84. The summed E-state index contributed by atoms with van der Waals surface area (Å²) in [4.78, 5) is 8.60. The van der Waals surface area contributed by atoms with E-state index in [0.717, 1.165) is 10.2 Å². The molecule has 2 rings (SSSR count). The molecule has 20 heavy (non-hydrogen) atoms. The van der Waals surface area contributed by atoms with E-state index in [1.54, 1.807) is 18.2 Å². The number of nitrogens with two attached hydrogens (primary N) is 1. The second kappa shape index (κ2) is 6.32. The van der Waals surface area contributed by atoms with Crippen LogP contribution in [0.25, 0.3) is 0 Å². The average Bonchev–Trinajstić information content (AvgIpc) is 2.48. The predicted octanol–water partition coefficient (Wildman–Crippen LogP) is 2.70. The first-order chi connectivity index (χ1) is 9.66. The molecule has 0 aliphatic rings. The van der Waals surface area contributed by atoms with Gasteiger partial charge in [0.1, 0.15) is 17.5 Å². The molecule has 0 spiro atoms. The van der Waals surface area contributed by atoms with Crippen LogP contribution in [0.15, 0.2) is 28.7 Å². The van der Waals surface area contributed by atoms with Gasteiger partial charge in [0.25, 0.3) is 0 Å². The van der Waals surface area contributed by atoms with E-state index >= 15 is 0 Å². The molecule has 0 amide bonds. The van der Waals surface area contributed by atoms with E-state index in [1.165, 1.54) is 0 Å². The standard InChI is InChI=1S/C13H13BrN6/c1-2-11-18-12(6-13(19-11)20-16)17-10-4-3-8(7-15)5-9(10)14/h3-6H,2,16H2,1H3,(H2,17,18,19,20). The smallest absolute Gasteiger partial charge is 0.145 e. The van der Waals surface area contributed by atoms with Gasteiger partial charge in [-0.2, -0.15) is 5.26 Å². The third-order valence-corrected chi connectivity index (χ3v) is 3.25. The molecule has 0 bridgehead atoms. The lowest BCUT2D eigenvalue weighted by molar-refractivity contribution is 0.941. The van der Waals surface area contributed by atoms with E-state index in [1.807, 2.05) is 13.0 Å². The minimum Gasteiger partial charge on any atom is -0.339 e. The zero-order valence-corrected chi connectivity index (χ0v) is 12.4. The van der Waals surface area contributed by atoms with Crippen LogP contribution in [0.4, 0.5) is 17.3 Å². The summed E-state index contributed by atoms with van der Waals surface area (Å²) in [5.41, 5.74) is 3.91. The number of hydrogen-bond donors (Lipinski definition) is 3. The van der Waals surface area contributed by atoms with Crippen LogP contribution in [0, 0.1) is 11.3 Å². The van der Waals surface area contributed by atoms with Gasteiger partial charge in [0, 0.05) is 17.0 Å². The molecule has 102 valence electrons. The average molecular weight is 333 g/mol. The van der Waals surface area contributed by atoms with E-state index in [4.69, 9.17) is 11.1 Å². The van der Waals surface area contributed by atoms with Crippen molar-refractivity contribution in [2.75, 3.05) is 10.7 Å². The van der Waals surface area contributed by atoms with Crippen molar-refractivity contribution in [3.05, 3.63) is 40.1 Å². The van der Waals surface area contributed by atoms with Gasteiger partial charge in [-0.1, -0.05) is 6.92 Å². The summed E-state index contributed by atoms with van der Waals surface area (Å²) in [5.74, 6) is 7.26. The molecule has 0 fully saturated rings. The molecule has 1 aromatic carbocycles.